The summed E-state index contributed by atoms with van der Waals surface area (Å²) in [5, 5.41) is 13.9. The molecule has 0 saturated heterocycles. The first-order valence-corrected chi connectivity index (χ1v) is 6.88. The van der Waals surface area contributed by atoms with Gasteiger partial charge < -0.3 is 5.11 Å². The monoisotopic (exact) mass is 282 g/mol. The van der Waals surface area contributed by atoms with E-state index in [1.165, 1.54) is 0 Å². The summed E-state index contributed by atoms with van der Waals surface area (Å²) in [6.07, 6.45) is 0.894. The van der Waals surface area contributed by atoms with Crippen LogP contribution in [0.3, 0.4) is 0 Å². The molecule has 2 aromatic carbocycles. The second-order valence-electron chi connectivity index (χ2n) is 4.63. The number of carbonyl (C=O) groups excluding carboxylic acids is 1. The molecular formula is C17H18N2O2. The van der Waals surface area contributed by atoms with Crippen LogP contribution in [0, 0.1) is 0 Å². The van der Waals surface area contributed by atoms with Crippen molar-refractivity contribution in [3.05, 3.63) is 65.7 Å². The smallest absolute Gasteiger partial charge is 0.244 e. The maximum Gasteiger partial charge on any atom is 0.244 e. The Morgan fingerprint density at radius 3 is 2.43 bits per heavy atom. The van der Waals surface area contributed by atoms with Crippen molar-refractivity contribution < 1.29 is 9.90 Å². The minimum Gasteiger partial charge on any atom is -0.507 e. The fraction of sp³-hybridized carbons (Fsp3) is 0.176. The van der Waals surface area contributed by atoms with E-state index in [1.807, 2.05) is 43.3 Å². The van der Waals surface area contributed by atoms with Crippen LogP contribution < -0.4 is 5.43 Å². The molecule has 2 N–H and O–H groups in total. The Morgan fingerprint density at radius 1 is 1.10 bits per heavy atom. The predicted molar refractivity (Wildman–Crippen MR) is 83.2 cm³/mol. The molecule has 0 aliphatic carbocycles. The summed E-state index contributed by atoms with van der Waals surface area (Å²) in [6.45, 7) is 1.93. The zero-order valence-corrected chi connectivity index (χ0v) is 11.9. The molecule has 2 rings (SSSR count). The largest absolute Gasteiger partial charge is 0.507 e. The molecule has 0 spiro atoms. The summed E-state index contributed by atoms with van der Waals surface area (Å²) < 4.78 is 0. The fourth-order valence-corrected chi connectivity index (χ4v) is 2.00. The van der Waals surface area contributed by atoms with Gasteiger partial charge in [-0.2, -0.15) is 5.10 Å². The van der Waals surface area contributed by atoms with Crippen molar-refractivity contribution in [2.75, 3.05) is 0 Å². The van der Waals surface area contributed by atoms with E-state index in [0.717, 1.165) is 5.56 Å². The Bertz CT molecular complexity index is 636. The van der Waals surface area contributed by atoms with Crippen molar-refractivity contribution in [3.8, 4) is 5.75 Å². The zero-order chi connectivity index (χ0) is 15.1. The zero-order valence-electron chi connectivity index (χ0n) is 11.9. The number of hydrogen-bond acceptors (Lipinski definition) is 3. The van der Waals surface area contributed by atoms with Crippen molar-refractivity contribution in [2.45, 2.75) is 19.8 Å². The molecule has 0 aromatic heterocycles. The number of nitrogens with one attached hydrogen (secondary N) is 1. The quantitative estimate of drug-likeness (QED) is 0.654. The summed E-state index contributed by atoms with van der Waals surface area (Å²) >= 11 is 0. The second-order valence-corrected chi connectivity index (χ2v) is 4.63. The van der Waals surface area contributed by atoms with Crippen LogP contribution in [-0.4, -0.2) is 16.7 Å². The summed E-state index contributed by atoms with van der Waals surface area (Å²) in [5.41, 5.74) is 4.77. The van der Waals surface area contributed by atoms with Gasteiger partial charge in [-0.3, -0.25) is 4.79 Å². The minimum atomic E-state index is -0.178. The second kappa shape index (κ2) is 7.24. The van der Waals surface area contributed by atoms with Crippen LogP contribution >= 0.6 is 0 Å². The number of hydrogen-bond donors (Lipinski definition) is 2. The molecule has 1 amide bonds. The first-order chi connectivity index (χ1) is 10.2. The van der Waals surface area contributed by atoms with Crippen LogP contribution in [-0.2, 0) is 11.2 Å². The van der Waals surface area contributed by atoms with Crippen LogP contribution in [0.2, 0.25) is 0 Å². The Labute approximate surface area is 124 Å². The van der Waals surface area contributed by atoms with Crippen LogP contribution in [0.25, 0.3) is 0 Å². The van der Waals surface area contributed by atoms with Gasteiger partial charge in [-0.1, -0.05) is 49.4 Å². The number of benzene rings is 2. The molecule has 0 aliphatic heterocycles. The van der Waals surface area contributed by atoms with Crippen molar-refractivity contribution in [2.24, 2.45) is 5.10 Å². The molecule has 0 atom stereocenters. The summed E-state index contributed by atoms with van der Waals surface area (Å²) in [5.74, 6) is -0.0158. The van der Waals surface area contributed by atoms with E-state index < -0.39 is 0 Å². The van der Waals surface area contributed by atoms with E-state index in [1.54, 1.807) is 18.2 Å². The lowest BCUT2D eigenvalue weighted by Crippen LogP contribution is -2.21. The van der Waals surface area contributed by atoms with Crippen molar-refractivity contribution >= 4 is 11.6 Å². The molecule has 4 nitrogen and oxygen atoms in total. The molecule has 2 aromatic rings. The Balaban J connectivity index is 2.05. The van der Waals surface area contributed by atoms with Gasteiger partial charge in [0, 0.05) is 5.56 Å². The first-order valence-electron chi connectivity index (χ1n) is 6.88. The molecule has 0 radical (unpaired) electrons. The summed E-state index contributed by atoms with van der Waals surface area (Å²) in [4.78, 5) is 11.9. The number of nitrogens with zero attached hydrogens (tertiary/aromatic N) is 1. The lowest BCUT2D eigenvalue weighted by molar-refractivity contribution is -0.120. The minimum absolute atomic E-state index is 0.162. The fourth-order valence-electron chi connectivity index (χ4n) is 2.00. The Kier molecular flexibility index (Phi) is 5.10. The SMILES string of the molecule is CC/C(=N\NC(=O)Cc1ccccc1)c1ccccc1O. The van der Waals surface area contributed by atoms with Crippen LogP contribution in [0.5, 0.6) is 5.75 Å². The molecular weight excluding hydrogens is 264 g/mol. The van der Waals surface area contributed by atoms with E-state index in [4.69, 9.17) is 0 Å². The average Bonchev–Trinajstić information content (AvgIpc) is 2.50. The van der Waals surface area contributed by atoms with Crippen LogP contribution in [0.15, 0.2) is 59.7 Å². The van der Waals surface area contributed by atoms with Gasteiger partial charge in [0.05, 0.1) is 12.1 Å². The van der Waals surface area contributed by atoms with Gasteiger partial charge >= 0.3 is 0 Å². The highest BCUT2D eigenvalue weighted by atomic mass is 16.3. The summed E-state index contributed by atoms with van der Waals surface area (Å²) in [7, 11) is 0. The Morgan fingerprint density at radius 2 is 1.76 bits per heavy atom. The van der Waals surface area contributed by atoms with Crippen LogP contribution in [0.1, 0.15) is 24.5 Å². The maximum absolute atomic E-state index is 11.9. The predicted octanol–water partition coefficient (Wildman–Crippen LogP) is 2.87. The molecule has 0 unspecified atom stereocenters. The topological polar surface area (TPSA) is 61.7 Å². The molecule has 108 valence electrons. The molecule has 0 aliphatic rings. The average molecular weight is 282 g/mol. The number of amides is 1. The third-order valence-electron chi connectivity index (χ3n) is 3.07. The number of hydrazone groups is 1. The van der Waals surface area contributed by atoms with Crippen molar-refractivity contribution in [3.63, 3.8) is 0 Å². The lowest BCUT2D eigenvalue weighted by Gasteiger charge is -2.07. The normalized spacial score (nSPS) is 11.2. The van der Waals surface area contributed by atoms with E-state index in [2.05, 4.69) is 10.5 Å². The van der Waals surface area contributed by atoms with E-state index >= 15 is 0 Å². The van der Waals surface area contributed by atoms with Crippen LogP contribution in [0.4, 0.5) is 0 Å². The Hall–Kier alpha value is -2.62. The molecule has 21 heavy (non-hydrogen) atoms. The van der Waals surface area contributed by atoms with Gasteiger partial charge in [-0.05, 0) is 24.1 Å². The maximum atomic E-state index is 11.9. The van der Waals surface area contributed by atoms with Gasteiger partial charge in [0.15, 0.2) is 0 Å². The lowest BCUT2D eigenvalue weighted by atomic mass is 10.1. The van der Waals surface area contributed by atoms with E-state index in [9.17, 15) is 9.90 Å². The number of rotatable bonds is 5. The highest BCUT2D eigenvalue weighted by Crippen LogP contribution is 2.17. The van der Waals surface area contributed by atoms with Gasteiger partial charge in [0.2, 0.25) is 5.91 Å². The number of carbonyl (C=O) groups is 1. The highest BCUT2D eigenvalue weighted by Gasteiger charge is 2.08. The number of phenolic OH excluding ortho intramolecular Hbond substituents is 1. The van der Waals surface area contributed by atoms with Crippen molar-refractivity contribution in [1.29, 1.82) is 0 Å². The van der Waals surface area contributed by atoms with Gasteiger partial charge in [-0.25, -0.2) is 5.43 Å². The number of para-hydroxylation sites is 1. The number of phenols is 1. The molecule has 0 bridgehead atoms. The van der Waals surface area contributed by atoms with Gasteiger partial charge in [0.25, 0.3) is 0 Å². The molecule has 4 heteroatoms. The molecule has 0 heterocycles. The third-order valence-corrected chi connectivity index (χ3v) is 3.07. The first kappa shape index (κ1) is 14.8. The van der Waals surface area contributed by atoms with Crippen molar-refractivity contribution in [1.82, 2.24) is 5.43 Å². The highest BCUT2D eigenvalue weighted by molar-refractivity contribution is 6.03. The van der Waals surface area contributed by atoms with E-state index in [-0.39, 0.29) is 18.1 Å². The van der Waals surface area contributed by atoms with Gasteiger partial charge in [-0.15, -0.1) is 0 Å². The molecule has 0 saturated carbocycles. The third kappa shape index (κ3) is 4.18. The number of aromatic hydroxyl groups is 1. The standard InChI is InChI=1S/C17H18N2O2/c1-2-15(14-10-6-7-11-16(14)20)18-19-17(21)12-13-8-4-3-5-9-13/h3-11,20H,2,12H2,1H3,(H,19,21)/b18-15+. The molecule has 0 fully saturated rings. The van der Waals surface area contributed by atoms with E-state index in [0.29, 0.717) is 17.7 Å². The summed E-state index contributed by atoms with van der Waals surface area (Å²) in [6, 6.07) is 16.4. The van der Waals surface area contributed by atoms with Gasteiger partial charge in [0.1, 0.15) is 5.75 Å².